The van der Waals surface area contributed by atoms with Gasteiger partial charge in [0.1, 0.15) is 0 Å². The lowest BCUT2D eigenvalue weighted by Gasteiger charge is -1.96. The van der Waals surface area contributed by atoms with Crippen molar-refractivity contribution in [1.82, 2.24) is 0 Å². The third kappa shape index (κ3) is 3.34. The Morgan fingerprint density at radius 3 is 2.89 bits per heavy atom. The molecular weight excluding hydrogens is 108 g/mol. The first-order chi connectivity index (χ1) is 4.29. The summed E-state index contributed by atoms with van der Waals surface area (Å²) in [5.41, 5.74) is 1.33. The Balaban J connectivity index is 1.86. The van der Waals surface area contributed by atoms with Crippen LogP contribution in [0.25, 0.3) is 0 Å². The molecule has 1 saturated carbocycles. The molecule has 1 atom stereocenters. The van der Waals surface area contributed by atoms with E-state index in [1.54, 1.807) is 0 Å². The quantitative estimate of drug-likeness (QED) is 0.504. The van der Waals surface area contributed by atoms with Gasteiger partial charge in [0.05, 0.1) is 0 Å². The zero-order valence-electron chi connectivity index (χ0n) is 6.19. The van der Waals surface area contributed by atoms with E-state index in [1.807, 2.05) is 0 Å². The molecule has 0 heteroatoms. The molecule has 1 rings (SSSR count). The van der Waals surface area contributed by atoms with Gasteiger partial charge in [-0.25, -0.2) is 0 Å². The molecule has 0 N–H and O–H groups in total. The van der Waals surface area contributed by atoms with Crippen LogP contribution in [0.15, 0.2) is 12.2 Å². The lowest BCUT2D eigenvalue weighted by atomic mass is 10.1. The van der Waals surface area contributed by atoms with Crippen molar-refractivity contribution < 1.29 is 0 Å². The van der Waals surface area contributed by atoms with Gasteiger partial charge in [-0.3, -0.25) is 0 Å². The van der Waals surface area contributed by atoms with Gasteiger partial charge in [0.2, 0.25) is 0 Å². The third-order valence-corrected chi connectivity index (χ3v) is 1.75. The van der Waals surface area contributed by atoms with E-state index in [0.717, 1.165) is 5.92 Å². The van der Waals surface area contributed by atoms with Crippen LogP contribution in [-0.4, -0.2) is 0 Å². The first-order valence-electron chi connectivity index (χ1n) is 3.77. The molecule has 0 saturated heterocycles. The van der Waals surface area contributed by atoms with Crippen molar-refractivity contribution in [3.05, 3.63) is 18.6 Å². The van der Waals surface area contributed by atoms with E-state index in [0.29, 0.717) is 0 Å². The lowest BCUT2D eigenvalue weighted by molar-refractivity contribution is 0.679. The van der Waals surface area contributed by atoms with Crippen LogP contribution in [0.1, 0.15) is 32.6 Å². The van der Waals surface area contributed by atoms with Gasteiger partial charge in [0.25, 0.3) is 0 Å². The van der Waals surface area contributed by atoms with Gasteiger partial charge in [0.15, 0.2) is 0 Å². The largest absolute Gasteiger partial charge is 0.100 e. The van der Waals surface area contributed by atoms with Crippen LogP contribution in [0.5, 0.6) is 0 Å². The number of rotatable bonds is 4. The normalized spacial score (nSPS) is 17.9. The fourth-order valence-corrected chi connectivity index (χ4v) is 0.998. The van der Waals surface area contributed by atoms with E-state index in [2.05, 4.69) is 19.9 Å². The van der Waals surface area contributed by atoms with Gasteiger partial charge in [-0.05, 0) is 44.9 Å². The van der Waals surface area contributed by atoms with Crippen molar-refractivity contribution in [1.29, 1.82) is 0 Å². The van der Waals surface area contributed by atoms with Gasteiger partial charge in [0, 0.05) is 0 Å². The van der Waals surface area contributed by atoms with Crippen LogP contribution in [-0.2, 0) is 0 Å². The van der Waals surface area contributed by atoms with Crippen LogP contribution < -0.4 is 0 Å². The molecule has 1 radical (unpaired) electrons. The smallest absolute Gasteiger partial charge is 0.0326 e. The summed E-state index contributed by atoms with van der Waals surface area (Å²) >= 11 is 0. The molecule has 0 bridgehead atoms. The molecule has 0 aromatic rings. The Labute approximate surface area is 58.0 Å². The maximum absolute atomic E-state index is 3.86. The van der Waals surface area contributed by atoms with Crippen molar-refractivity contribution in [2.75, 3.05) is 0 Å². The predicted molar refractivity (Wildman–Crippen MR) is 41.1 cm³/mol. The number of allylic oxidation sites excluding steroid dienone is 1. The van der Waals surface area contributed by atoms with Gasteiger partial charge in [-0.15, -0.1) is 6.58 Å². The molecule has 1 aliphatic rings. The standard InChI is InChI=1S/C9H15/c1-8(2)4-3-5-9-6-7-9/h6,9H,1,3-5,7H2,2H3. The highest BCUT2D eigenvalue weighted by Gasteiger charge is 2.20. The molecule has 1 unspecified atom stereocenters. The minimum absolute atomic E-state index is 0.976. The molecule has 0 aromatic carbocycles. The molecule has 51 valence electrons. The zero-order chi connectivity index (χ0) is 6.69. The lowest BCUT2D eigenvalue weighted by Crippen LogP contribution is -1.78. The summed E-state index contributed by atoms with van der Waals surface area (Å²) in [6.45, 7) is 5.97. The maximum Gasteiger partial charge on any atom is -0.0326 e. The Morgan fingerprint density at radius 2 is 2.44 bits per heavy atom. The fourth-order valence-electron chi connectivity index (χ4n) is 0.998. The van der Waals surface area contributed by atoms with E-state index < -0.39 is 0 Å². The highest BCUT2D eigenvalue weighted by atomic mass is 14.3. The van der Waals surface area contributed by atoms with Gasteiger partial charge < -0.3 is 0 Å². The monoisotopic (exact) mass is 123 g/mol. The summed E-state index contributed by atoms with van der Waals surface area (Å²) < 4.78 is 0. The van der Waals surface area contributed by atoms with Gasteiger partial charge in [-0.1, -0.05) is 5.57 Å². The maximum atomic E-state index is 3.86. The molecule has 0 amide bonds. The summed E-state index contributed by atoms with van der Waals surface area (Å²) in [5, 5.41) is 0. The first kappa shape index (κ1) is 6.85. The molecule has 0 heterocycles. The molecule has 0 spiro atoms. The summed E-state index contributed by atoms with van der Waals surface area (Å²) in [7, 11) is 0. The Bertz CT molecular complexity index is 98.6. The fraction of sp³-hybridized carbons (Fsp3) is 0.667. The van der Waals surface area contributed by atoms with E-state index in [1.165, 1.54) is 31.3 Å². The van der Waals surface area contributed by atoms with Gasteiger partial charge in [-0.2, -0.15) is 0 Å². The first-order valence-corrected chi connectivity index (χ1v) is 3.77. The molecular formula is C9H15. The van der Waals surface area contributed by atoms with Crippen molar-refractivity contribution in [2.24, 2.45) is 5.92 Å². The summed E-state index contributed by atoms with van der Waals surface area (Å²) in [6.07, 6.45) is 7.72. The Kier molecular flexibility index (Phi) is 2.32. The third-order valence-electron chi connectivity index (χ3n) is 1.75. The van der Waals surface area contributed by atoms with E-state index >= 15 is 0 Å². The SMILES string of the molecule is C=C(C)CCCC1[CH]C1. The van der Waals surface area contributed by atoms with Gasteiger partial charge >= 0.3 is 0 Å². The van der Waals surface area contributed by atoms with Crippen molar-refractivity contribution in [3.8, 4) is 0 Å². The predicted octanol–water partition coefficient (Wildman–Crippen LogP) is 2.96. The molecule has 0 nitrogen and oxygen atoms in total. The molecule has 9 heavy (non-hydrogen) atoms. The second-order valence-corrected chi connectivity index (χ2v) is 3.08. The second kappa shape index (κ2) is 3.05. The zero-order valence-corrected chi connectivity index (χ0v) is 6.19. The summed E-state index contributed by atoms with van der Waals surface area (Å²) in [4.78, 5) is 0. The molecule has 1 fully saturated rings. The highest BCUT2D eigenvalue weighted by Crippen LogP contribution is 2.32. The van der Waals surface area contributed by atoms with E-state index in [9.17, 15) is 0 Å². The van der Waals surface area contributed by atoms with Crippen LogP contribution in [0, 0.1) is 12.3 Å². The topological polar surface area (TPSA) is 0 Å². The van der Waals surface area contributed by atoms with Crippen LogP contribution in [0.4, 0.5) is 0 Å². The van der Waals surface area contributed by atoms with Crippen molar-refractivity contribution >= 4 is 0 Å². The van der Waals surface area contributed by atoms with Crippen LogP contribution >= 0.6 is 0 Å². The minimum Gasteiger partial charge on any atom is -0.100 e. The average molecular weight is 123 g/mol. The molecule has 0 aromatic heterocycles. The summed E-state index contributed by atoms with van der Waals surface area (Å²) in [6, 6.07) is 0. The van der Waals surface area contributed by atoms with Crippen molar-refractivity contribution in [2.45, 2.75) is 32.6 Å². The average Bonchev–Trinajstić information content (AvgIpc) is 2.48. The summed E-state index contributed by atoms with van der Waals surface area (Å²) in [5.74, 6) is 0.976. The van der Waals surface area contributed by atoms with Crippen LogP contribution in [0.2, 0.25) is 0 Å². The minimum atomic E-state index is 0.976. The number of hydrogen-bond donors (Lipinski definition) is 0. The van der Waals surface area contributed by atoms with Crippen LogP contribution in [0.3, 0.4) is 0 Å². The van der Waals surface area contributed by atoms with Crippen molar-refractivity contribution in [3.63, 3.8) is 0 Å². The highest BCUT2D eigenvalue weighted by molar-refractivity contribution is 4.95. The molecule has 0 aliphatic heterocycles. The second-order valence-electron chi connectivity index (χ2n) is 3.08. The van der Waals surface area contributed by atoms with E-state index in [-0.39, 0.29) is 0 Å². The Morgan fingerprint density at radius 1 is 1.78 bits per heavy atom. The van der Waals surface area contributed by atoms with E-state index in [4.69, 9.17) is 0 Å². The Hall–Kier alpha value is -0.260. The molecule has 1 aliphatic carbocycles. The number of hydrogen-bond acceptors (Lipinski definition) is 0.